The second kappa shape index (κ2) is 8.76. The number of nitrogens with zero attached hydrogens (tertiary/aromatic N) is 4. The summed E-state index contributed by atoms with van der Waals surface area (Å²) in [6, 6.07) is 0. The van der Waals surface area contributed by atoms with Crippen LogP contribution in [-0.4, -0.2) is 59.4 Å². The molecule has 8 heteroatoms. The zero-order valence-corrected chi connectivity index (χ0v) is 18.1. The largest absolute Gasteiger partial charge is 0.304 e. The average molecular weight is 415 g/mol. The molecular weight excluding hydrogens is 387 g/mol. The first kappa shape index (κ1) is 23.7. The molecule has 0 fully saturated rings. The topological polar surface area (TPSA) is 74.5 Å². The Balaban J connectivity index is 0.00000182. The quantitative estimate of drug-likeness (QED) is 0.693. The van der Waals surface area contributed by atoms with Crippen molar-refractivity contribution in [2.45, 2.75) is 46.6 Å². The van der Waals surface area contributed by atoms with Gasteiger partial charge in [0.25, 0.3) is 0 Å². The number of allylic oxidation sites excluding steroid dienone is 2. The SMILES string of the molecule is CCN(CC)CCC1C(=O)C2=NC(C)=NC2=C2C=NC(C)(C)C(=O)C21.Cl.Cl. The van der Waals surface area contributed by atoms with E-state index in [9.17, 15) is 9.59 Å². The highest BCUT2D eigenvalue weighted by molar-refractivity contribution is 6.51. The van der Waals surface area contributed by atoms with Crippen LogP contribution in [0.2, 0.25) is 0 Å². The van der Waals surface area contributed by atoms with E-state index >= 15 is 0 Å². The molecule has 3 rings (SSSR count). The smallest absolute Gasteiger partial charge is 0.187 e. The molecule has 0 bridgehead atoms. The van der Waals surface area contributed by atoms with E-state index in [0.717, 1.165) is 25.2 Å². The van der Waals surface area contributed by atoms with Crippen molar-refractivity contribution in [2.75, 3.05) is 19.6 Å². The summed E-state index contributed by atoms with van der Waals surface area (Å²) in [6.45, 7) is 12.3. The molecule has 2 atom stereocenters. The van der Waals surface area contributed by atoms with E-state index in [1.807, 2.05) is 13.8 Å². The van der Waals surface area contributed by atoms with E-state index in [4.69, 9.17) is 0 Å². The molecule has 0 aromatic rings. The molecule has 27 heavy (non-hydrogen) atoms. The van der Waals surface area contributed by atoms with E-state index in [1.165, 1.54) is 0 Å². The van der Waals surface area contributed by atoms with Gasteiger partial charge in [-0.25, -0.2) is 9.98 Å². The van der Waals surface area contributed by atoms with Gasteiger partial charge in [0, 0.05) is 17.7 Å². The van der Waals surface area contributed by atoms with Gasteiger partial charge in [-0.05, 0) is 46.8 Å². The number of carbonyl (C=O) groups excluding carboxylic acids is 2. The molecule has 0 amide bonds. The van der Waals surface area contributed by atoms with Crippen molar-refractivity contribution >= 4 is 54.1 Å². The molecule has 0 N–H and O–H groups in total. The maximum atomic E-state index is 13.1. The van der Waals surface area contributed by atoms with E-state index in [0.29, 0.717) is 23.7 Å². The molecule has 0 spiro atoms. The second-order valence-electron chi connectivity index (χ2n) is 7.37. The molecule has 2 heterocycles. The van der Waals surface area contributed by atoms with Crippen LogP contribution in [0, 0.1) is 11.8 Å². The van der Waals surface area contributed by atoms with Gasteiger partial charge in [0.15, 0.2) is 11.6 Å². The van der Waals surface area contributed by atoms with Crippen molar-refractivity contribution < 1.29 is 9.59 Å². The van der Waals surface area contributed by atoms with Crippen LogP contribution < -0.4 is 0 Å². The Labute approximate surface area is 173 Å². The third-order valence-electron chi connectivity index (χ3n) is 5.42. The number of ketones is 2. The van der Waals surface area contributed by atoms with Crippen LogP contribution in [0.15, 0.2) is 26.2 Å². The van der Waals surface area contributed by atoms with Crippen LogP contribution in [0.3, 0.4) is 0 Å². The van der Waals surface area contributed by atoms with Gasteiger partial charge >= 0.3 is 0 Å². The summed E-state index contributed by atoms with van der Waals surface area (Å²) in [5, 5.41) is 0. The number of fused-ring (bicyclic) bond motifs is 2. The normalized spacial score (nSPS) is 25.4. The fourth-order valence-corrected chi connectivity index (χ4v) is 3.82. The van der Waals surface area contributed by atoms with E-state index < -0.39 is 11.5 Å². The minimum atomic E-state index is -0.797. The molecule has 0 aromatic carbocycles. The van der Waals surface area contributed by atoms with Crippen molar-refractivity contribution in [1.29, 1.82) is 0 Å². The molecule has 6 nitrogen and oxygen atoms in total. The van der Waals surface area contributed by atoms with Gasteiger partial charge in [-0.1, -0.05) is 13.8 Å². The Kier molecular flexibility index (Phi) is 7.68. The summed E-state index contributed by atoms with van der Waals surface area (Å²) in [4.78, 5) is 41.6. The molecule has 150 valence electrons. The summed E-state index contributed by atoms with van der Waals surface area (Å²) in [6.07, 6.45) is 2.39. The maximum absolute atomic E-state index is 13.1. The predicted molar refractivity (Wildman–Crippen MR) is 114 cm³/mol. The first-order chi connectivity index (χ1) is 11.8. The fourth-order valence-electron chi connectivity index (χ4n) is 3.82. The molecule has 0 saturated carbocycles. The third-order valence-corrected chi connectivity index (χ3v) is 5.42. The lowest BCUT2D eigenvalue weighted by Crippen LogP contribution is -2.50. The first-order valence-electron chi connectivity index (χ1n) is 9.04. The third kappa shape index (κ3) is 4.08. The van der Waals surface area contributed by atoms with Gasteiger partial charge in [-0.3, -0.25) is 14.6 Å². The first-order valence-corrected chi connectivity index (χ1v) is 9.04. The van der Waals surface area contributed by atoms with Crippen LogP contribution in [-0.2, 0) is 9.59 Å². The zero-order valence-electron chi connectivity index (χ0n) is 16.5. The minimum absolute atomic E-state index is 0. The van der Waals surface area contributed by atoms with E-state index in [-0.39, 0.29) is 42.3 Å². The van der Waals surface area contributed by atoms with Gasteiger partial charge in [0.1, 0.15) is 22.8 Å². The maximum Gasteiger partial charge on any atom is 0.187 e. The summed E-state index contributed by atoms with van der Waals surface area (Å²) in [5.74, 6) is -0.304. The molecule has 3 aliphatic rings. The number of hydrogen-bond donors (Lipinski definition) is 0. The van der Waals surface area contributed by atoms with Crippen molar-refractivity contribution in [2.24, 2.45) is 26.8 Å². The molecule has 2 unspecified atom stereocenters. The lowest BCUT2D eigenvalue weighted by Gasteiger charge is -2.38. The van der Waals surface area contributed by atoms with Crippen molar-refractivity contribution in [3.8, 4) is 0 Å². The summed E-state index contributed by atoms with van der Waals surface area (Å²) in [7, 11) is 0. The monoisotopic (exact) mass is 414 g/mol. The Bertz CT molecular complexity index is 749. The summed E-state index contributed by atoms with van der Waals surface area (Å²) < 4.78 is 0. The molecule has 0 radical (unpaired) electrons. The van der Waals surface area contributed by atoms with Crippen LogP contribution >= 0.6 is 24.8 Å². The summed E-state index contributed by atoms with van der Waals surface area (Å²) in [5.41, 5.74) is 0.935. The number of rotatable bonds is 5. The number of halogens is 2. The number of hydrogen-bond acceptors (Lipinski definition) is 6. The Morgan fingerprint density at radius 3 is 2.33 bits per heavy atom. The predicted octanol–water partition coefficient (Wildman–Crippen LogP) is 2.94. The van der Waals surface area contributed by atoms with E-state index in [2.05, 4.69) is 33.7 Å². The van der Waals surface area contributed by atoms with Crippen LogP contribution in [0.4, 0.5) is 0 Å². The average Bonchev–Trinajstić information content (AvgIpc) is 2.96. The molecule has 1 aliphatic carbocycles. The van der Waals surface area contributed by atoms with Crippen LogP contribution in [0.1, 0.15) is 41.0 Å². The molecule has 2 aliphatic heterocycles. The van der Waals surface area contributed by atoms with Crippen LogP contribution in [0.5, 0.6) is 0 Å². The lowest BCUT2D eigenvalue weighted by atomic mass is 9.67. The standard InChI is InChI=1S/C19H26N4O2.2ClH/c1-6-23(7-2)9-8-12-14-13(10-20-19(4,5)18(14)25)15-16(17(12)24)22-11(3)21-15;;/h10,12,14H,6-9H2,1-5H3;2*1H. The van der Waals surface area contributed by atoms with Crippen LogP contribution in [0.25, 0.3) is 0 Å². The molecule has 0 aromatic heterocycles. The lowest BCUT2D eigenvalue weighted by molar-refractivity contribution is -0.131. The number of aliphatic imine (C=N–C) groups is 3. The number of amidine groups is 1. The Morgan fingerprint density at radius 2 is 1.74 bits per heavy atom. The van der Waals surface area contributed by atoms with Crippen molar-refractivity contribution in [3.05, 3.63) is 11.3 Å². The summed E-state index contributed by atoms with van der Waals surface area (Å²) >= 11 is 0. The highest BCUT2D eigenvalue weighted by atomic mass is 35.5. The highest BCUT2D eigenvalue weighted by Gasteiger charge is 2.50. The number of carbonyl (C=O) groups is 2. The zero-order chi connectivity index (χ0) is 18.4. The Morgan fingerprint density at radius 1 is 1.11 bits per heavy atom. The van der Waals surface area contributed by atoms with Crippen molar-refractivity contribution in [1.82, 2.24) is 4.90 Å². The van der Waals surface area contributed by atoms with Gasteiger partial charge in [0.2, 0.25) is 0 Å². The number of Topliss-reactive ketones (excluding diaryl/α,β-unsaturated/α-hetero) is 2. The Hall–Kier alpha value is -1.37. The minimum Gasteiger partial charge on any atom is -0.304 e. The highest BCUT2D eigenvalue weighted by Crippen LogP contribution is 2.40. The second-order valence-corrected chi connectivity index (χ2v) is 7.37. The van der Waals surface area contributed by atoms with Gasteiger partial charge in [-0.2, -0.15) is 0 Å². The fraction of sp³-hybridized carbons (Fsp3) is 0.632. The van der Waals surface area contributed by atoms with Gasteiger partial charge in [0.05, 0.1) is 5.92 Å². The van der Waals surface area contributed by atoms with Gasteiger partial charge in [-0.15, -0.1) is 24.8 Å². The van der Waals surface area contributed by atoms with E-state index in [1.54, 1.807) is 13.1 Å². The van der Waals surface area contributed by atoms with Gasteiger partial charge < -0.3 is 4.90 Å². The molecular formula is C19H28Cl2N4O2. The van der Waals surface area contributed by atoms with Crippen molar-refractivity contribution in [3.63, 3.8) is 0 Å². The molecule has 0 saturated heterocycles.